The normalized spacial score (nSPS) is 15.0. The molecule has 3 rings (SSSR count). The number of hydrogen-bond acceptors (Lipinski definition) is 6. The van der Waals surface area contributed by atoms with Crippen LogP contribution in [0.25, 0.3) is 0 Å². The van der Waals surface area contributed by atoms with Gasteiger partial charge in [0, 0.05) is 12.4 Å². The Hall–Kier alpha value is -2.37. The zero-order valence-electron chi connectivity index (χ0n) is 12.3. The van der Waals surface area contributed by atoms with Gasteiger partial charge < -0.3 is 15.4 Å². The van der Waals surface area contributed by atoms with E-state index in [4.69, 9.17) is 4.74 Å². The van der Waals surface area contributed by atoms with Crippen molar-refractivity contribution in [1.29, 1.82) is 0 Å². The molecule has 6 heteroatoms. The van der Waals surface area contributed by atoms with Gasteiger partial charge in [-0.2, -0.15) is 4.98 Å². The van der Waals surface area contributed by atoms with Crippen LogP contribution in [0.4, 0.5) is 11.5 Å². The Morgan fingerprint density at radius 3 is 2.81 bits per heavy atom. The van der Waals surface area contributed by atoms with Crippen LogP contribution in [0.15, 0.2) is 30.7 Å². The third-order valence-corrected chi connectivity index (χ3v) is 3.24. The van der Waals surface area contributed by atoms with Crippen LogP contribution < -0.4 is 15.4 Å². The van der Waals surface area contributed by atoms with E-state index in [1.54, 1.807) is 18.6 Å². The van der Waals surface area contributed by atoms with Crippen molar-refractivity contribution in [2.75, 3.05) is 17.2 Å². The van der Waals surface area contributed by atoms with E-state index in [0.29, 0.717) is 12.6 Å². The fourth-order valence-corrected chi connectivity index (χ4v) is 2.28. The summed E-state index contributed by atoms with van der Waals surface area (Å²) in [5, 5.41) is 6.57. The van der Waals surface area contributed by atoms with Gasteiger partial charge in [-0.1, -0.05) is 0 Å². The number of rotatable bonds is 5. The molecule has 0 bridgehead atoms. The lowest BCUT2D eigenvalue weighted by atomic mass is 10.1. The molecule has 0 saturated carbocycles. The second-order valence-corrected chi connectivity index (χ2v) is 5.60. The molecular weight excluding hydrogens is 266 g/mol. The van der Waals surface area contributed by atoms with Gasteiger partial charge in [0.05, 0.1) is 18.5 Å². The Morgan fingerprint density at radius 2 is 2.00 bits per heavy atom. The Kier molecular flexibility index (Phi) is 3.60. The number of ether oxygens (including phenoxy) is 1. The maximum atomic E-state index is 5.62. The fraction of sp³-hybridized carbons (Fsp3) is 0.400. The molecule has 2 aromatic heterocycles. The van der Waals surface area contributed by atoms with E-state index in [0.717, 1.165) is 24.3 Å². The minimum Gasteiger partial charge on any atom is -0.463 e. The van der Waals surface area contributed by atoms with Gasteiger partial charge in [0.15, 0.2) is 5.82 Å². The first kappa shape index (κ1) is 13.6. The average molecular weight is 285 g/mol. The van der Waals surface area contributed by atoms with Crippen molar-refractivity contribution in [2.45, 2.75) is 32.4 Å². The summed E-state index contributed by atoms with van der Waals surface area (Å²) in [7, 11) is 0. The minimum absolute atomic E-state index is 0.197. The number of aryl methyl sites for hydroxylation is 1. The average Bonchev–Trinajstić information content (AvgIpc) is 2.78. The molecule has 0 aliphatic carbocycles. The van der Waals surface area contributed by atoms with Crippen molar-refractivity contribution < 1.29 is 4.74 Å². The standard InChI is InChI=1S/C15H19N5O/c1-15(2)19-12-10-17-14(18-13(12)20-15)21-9-3-4-11-5-7-16-8-6-11/h5-8,10,19H,3-4,9H2,1-2H3,(H,17,18,20). The summed E-state index contributed by atoms with van der Waals surface area (Å²) in [6.45, 7) is 4.69. The first-order valence-electron chi connectivity index (χ1n) is 7.07. The lowest BCUT2D eigenvalue weighted by Gasteiger charge is -2.18. The molecule has 1 aliphatic heterocycles. The summed E-state index contributed by atoms with van der Waals surface area (Å²) in [6, 6.07) is 4.45. The van der Waals surface area contributed by atoms with Crippen LogP contribution in [-0.2, 0) is 6.42 Å². The third kappa shape index (κ3) is 3.39. The highest BCUT2D eigenvalue weighted by molar-refractivity contribution is 5.71. The molecule has 0 fully saturated rings. The minimum atomic E-state index is -0.197. The SMILES string of the molecule is CC1(C)Nc2cnc(OCCCc3ccncc3)nc2N1. The highest BCUT2D eigenvalue weighted by atomic mass is 16.5. The highest BCUT2D eigenvalue weighted by Gasteiger charge is 2.28. The monoisotopic (exact) mass is 285 g/mol. The Bertz CT molecular complexity index is 615. The molecule has 21 heavy (non-hydrogen) atoms. The molecule has 0 spiro atoms. The van der Waals surface area contributed by atoms with Crippen molar-refractivity contribution in [2.24, 2.45) is 0 Å². The van der Waals surface area contributed by atoms with Crippen LogP contribution in [0.5, 0.6) is 6.01 Å². The Labute approximate surface area is 124 Å². The van der Waals surface area contributed by atoms with E-state index in [9.17, 15) is 0 Å². The van der Waals surface area contributed by atoms with Crippen LogP contribution >= 0.6 is 0 Å². The summed E-state index contributed by atoms with van der Waals surface area (Å²) < 4.78 is 5.62. The number of hydrogen-bond donors (Lipinski definition) is 2. The van der Waals surface area contributed by atoms with Gasteiger partial charge in [-0.05, 0) is 44.4 Å². The third-order valence-electron chi connectivity index (χ3n) is 3.24. The van der Waals surface area contributed by atoms with E-state index in [1.165, 1.54) is 5.56 Å². The van der Waals surface area contributed by atoms with E-state index >= 15 is 0 Å². The summed E-state index contributed by atoms with van der Waals surface area (Å²) in [5.41, 5.74) is 1.97. The van der Waals surface area contributed by atoms with E-state index in [1.807, 2.05) is 26.0 Å². The lowest BCUT2D eigenvalue weighted by molar-refractivity contribution is 0.287. The summed E-state index contributed by atoms with van der Waals surface area (Å²) in [6.07, 6.45) is 7.24. The number of fused-ring (bicyclic) bond motifs is 1. The predicted octanol–water partition coefficient (Wildman–Crippen LogP) is 2.46. The summed E-state index contributed by atoms with van der Waals surface area (Å²) >= 11 is 0. The quantitative estimate of drug-likeness (QED) is 0.822. The van der Waals surface area contributed by atoms with Crippen LogP contribution in [0.3, 0.4) is 0 Å². The molecule has 0 amide bonds. The van der Waals surface area contributed by atoms with E-state index < -0.39 is 0 Å². The van der Waals surface area contributed by atoms with Gasteiger partial charge in [0.1, 0.15) is 5.66 Å². The van der Waals surface area contributed by atoms with Crippen LogP contribution in [-0.4, -0.2) is 27.2 Å². The molecule has 3 heterocycles. The number of anilines is 2. The van der Waals surface area contributed by atoms with Crippen molar-refractivity contribution in [1.82, 2.24) is 15.0 Å². The molecule has 0 saturated heterocycles. The van der Waals surface area contributed by atoms with Gasteiger partial charge in [-0.15, -0.1) is 0 Å². The molecule has 0 unspecified atom stereocenters. The zero-order chi connectivity index (χ0) is 14.7. The zero-order valence-corrected chi connectivity index (χ0v) is 12.3. The van der Waals surface area contributed by atoms with Crippen molar-refractivity contribution in [3.63, 3.8) is 0 Å². The first-order chi connectivity index (χ1) is 10.1. The smallest absolute Gasteiger partial charge is 0.318 e. The van der Waals surface area contributed by atoms with Crippen molar-refractivity contribution in [3.05, 3.63) is 36.3 Å². The second kappa shape index (κ2) is 5.55. The van der Waals surface area contributed by atoms with Crippen LogP contribution in [0, 0.1) is 0 Å². The molecule has 110 valence electrons. The number of nitrogens with zero attached hydrogens (tertiary/aromatic N) is 3. The molecule has 1 aliphatic rings. The van der Waals surface area contributed by atoms with E-state index in [2.05, 4.69) is 25.6 Å². The molecule has 2 aromatic rings. The maximum absolute atomic E-state index is 5.62. The van der Waals surface area contributed by atoms with Crippen LogP contribution in [0.2, 0.25) is 0 Å². The van der Waals surface area contributed by atoms with Gasteiger partial charge in [0.25, 0.3) is 0 Å². The van der Waals surface area contributed by atoms with Gasteiger partial charge >= 0.3 is 6.01 Å². The molecule has 2 N–H and O–H groups in total. The molecule has 0 aromatic carbocycles. The summed E-state index contributed by atoms with van der Waals surface area (Å²) in [4.78, 5) is 12.6. The first-order valence-corrected chi connectivity index (χ1v) is 7.07. The summed E-state index contributed by atoms with van der Waals surface area (Å²) in [5.74, 6) is 0.791. The lowest BCUT2D eigenvalue weighted by Crippen LogP contribution is -2.33. The number of aromatic nitrogens is 3. The second-order valence-electron chi connectivity index (χ2n) is 5.60. The Balaban J connectivity index is 1.51. The number of pyridine rings is 1. The fourth-order valence-electron chi connectivity index (χ4n) is 2.28. The van der Waals surface area contributed by atoms with Gasteiger partial charge in [-0.25, -0.2) is 4.98 Å². The molecule has 0 radical (unpaired) electrons. The van der Waals surface area contributed by atoms with Crippen molar-refractivity contribution >= 4 is 11.5 Å². The largest absolute Gasteiger partial charge is 0.463 e. The maximum Gasteiger partial charge on any atom is 0.318 e. The number of nitrogens with one attached hydrogen (secondary N) is 2. The van der Waals surface area contributed by atoms with Crippen molar-refractivity contribution in [3.8, 4) is 6.01 Å². The molecule has 6 nitrogen and oxygen atoms in total. The highest BCUT2D eigenvalue weighted by Crippen LogP contribution is 2.31. The molecule has 0 atom stereocenters. The van der Waals surface area contributed by atoms with Crippen LogP contribution in [0.1, 0.15) is 25.8 Å². The van der Waals surface area contributed by atoms with Gasteiger partial charge in [0.2, 0.25) is 0 Å². The van der Waals surface area contributed by atoms with Gasteiger partial charge in [-0.3, -0.25) is 4.98 Å². The Morgan fingerprint density at radius 1 is 1.19 bits per heavy atom. The van der Waals surface area contributed by atoms with E-state index in [-0.39, 0.29) is 5.66 Å². The molecular formula is C15H19N5O. The topological polar surface area (TPSA) is 72.0 Å². The predicted molar refractivity (Wildman–Crippen MR) is 81.4 cm³/mol.